The molecule has 3 heterocycles. The Morgan fingerprint density at radius 2 is 2.00 bits per heavy atom. The van der Waals surface area contributed by atoms with E-state index in [2.05, 4.69) is 20.1 Å². The van der Waals surface area contributed by atoms with Crippen molar-refractivity contribution in [3.05, 3.63) is 78.4 Å². The normalized spacial score (nSPS) is 11.1. The second-order valence-electron chi connectivity index (χ2n) is 6.56. The van der Waals surface area contributed by atoms with Gasteiger partial charge in [-0.25, -0.2) is 4.68 Å². The first-order valence-corrected chi connectivity index (χ1v) is 8.95. The van der Waals surface area contributed by atoms with Gasteiger partial charge in [0.05, 0.1) is 31.2 Å². The highest BCUT2D eigenvalue weighted by Crippen LogP contribution is 2.19. The summed E-state index contributed by atoms with van der Waals surface area (Å²) < 4.78 is 12.6. The highest BCUT2D eigenvalue weighted by Gasteiger charge is 2.11. The van der Waals surface area contributed by atoms with Crippen LogP contribution >= 0.6 is 0 Å². The number of hydrogen-bond acceptors (Lipinski definition) is 6. The monoisotopic (exact) mass is 375 g/mol. The van der Waals surface area contributed by atoms with Gasteiger partial charge in [0.25, 0.3) is 0 Å². The molecule has 0 fully saturated rings. The highest BCUT2D eigenvalue weighted by molar-refractivity contribution is 5.52. The minimum absolute atomic E-state index is 0.643. The average Bonchev–Trinajstić information content (AvgIpc) is 3.38. The molecule has 28 heavy (non-hydrogen) atoms. The Labute approximate surface area is 163 Å². The maximum atomic E-state index is 5.46. The fourth-order valence-electron chi connectivity index (χ4n) is 2.99. The molecule has 4 rings (SSSR count). The smallest absolute Gasteiger partial charge is 0.151 e. The van der Waals surface area contributed by atoms with Crippen LogP contribution in [0.15, 0.2) is 71.6 Å². The van der Waals surface area contributed by atoms with E-state index in [0.717, 1.165) is 40.7 Å². The Balaban J connectivity index is 1.40. The molecule has 0 spiro atoms. The van der Waals surface area contributed by atoms with E-state index < -0.39 is 0 Å². The van der Waals surface area contributed by atoms with Crippen molar-refractivity contribution in [3.63, 3.8) is 0 Å². The molecule has 0 radical (unpaired) electrons. The predicted molar refractivity (Wildman–Crippen MR) is 105 cm³/mol. The van der Waals surface area contributed by atoms with Crippen molar-refractivity contribution in [2.24, 2.45) is 0 Å². The zero-order valence-corrected chi connectivity index (χ0v) is 15.8. The topological polar surface area (TPSA) is 69.2 Å². The van der Waals surface area contributed by atoms with Crippen LogP contribution in [0.1, 0.15) is 11.3 Å². The summed E-state index contributed by atoms with van der Waals surface area (Å²) in [5, 5.41) is 8.57. The van der Waals surface area contributed by atoms with E-state index in [9.17, 15) is 0 Å². The van der Waals surface area contributed by atoms with E-state index in [1.165, 1.54) is 0 Å². The summed E-state index contributed by atoms with van der Waals surface area (Å²) >= 11 is 0. The number of nitrogens with zero attached hydrogens (tertiary/aromatic N) is 5. The Kier molecular flexibility index (Phi) is 5.16. The lowest BCUT2D eigenvalue weighted by Crippen LogP contribution is -2.16. The molecule has 0 saturated carbocycles. The van der Waals surface area contributed by atoms with Crippen molar-refractivity contribution in [2.75, 3.05) is 14.2 Å². The van der Waals surface area contributed by atoms with Crippen molar-refractivity contribution >= 4 is 0 Å². The van der Waals surface area contributed by atoms with Gasteiger partial charge >= 0.3 is 0 Å². The fraction of sp³-hybridized carbons (Fsp3) is 0.190. The van der Waals surface area contributed by atoms with Gasteiger partial charge in [-0.3, -0.25) is 9.88 Å². The molecule has 0 aliphatic heterocycles. The summed E-state index contributed by atoms with van der Waals surface area (Å²) in [6, 6.07) is 15.5. The third-order valence-corrected chi connectivity index (χ3v) is 4.32. The number of ether oxygens (including phenoxy) is 1. The zero-order chi connectivity index (χ0) is 19.3. The van der Waals surface area contributed by atoms with Crippen LogP contribution in [0.4, 0.5) is 0 Å². The van der Waals surface area contributed by atoms with Crippen molar-refractivity contribution < 1.29 is 9.26 Å². The molecule has 7 heteroatoms. The summed E-state index contributed by atoms with van der Waals surface area (Å²) in [6.07, 6.45) is 5.64. The molecule has 3 aromatic heterocycles. The van der Waals surface area contributed by atoms with E-state index >= 15 is 0 Å². The minimum atomic E-state index is 0.643. The van der Waals surface area contributed by atoms with Crippen LogP contribution in [0.25, 0.3) is 17.1 Å². The average molecular weight is 375 g/mol. The van der Waals surface area contributed by atoms with Crippen molar-refractivity contribution in [1.29, 1.82) is 0 Å². The molecule has 0 aliphatic carbocycles. The van der Waals surface area contributed by atoms with Gasteiger partial charge in [0, 0.05) is 36.6 Å². The number of aromatic nitrogens is 4. The van der Waals surface area contributed by atoms with E-state index in [-0.39, 0.29) is 0 Å². The summed E-state index contributed by atoms with van der Waals surface area (Å²) in [5.74, 6) is 1.60. The largest absolute Gasteiger partial charge is 0.497 e. The van der Waals surface area contributed by atoms with Crippen LogP contribution in [0.2, 0.25) is 0 Å². The molecular weight excluding hydrogens is 354 g/mol. The van der Waals surface area contributed by atoms with Gasteiger partial charge in [0.15, 0.2) is 5.76 Å². The van der Waals surface area contributed by atoms with Crippen LogP contribution in [-0.4, -0.2) is 39.0 Å². The van der Waals surface area contributed by atoms with E-state index in [0.29, 0.717) is 6.54 Å². The van der Waals surface area contributed by atoms with Crippen LogP contribution in [-0.2, 0) is 13.1 Å². The minimum Gasteiger partial charge on any atom is -0.497 e. The summed E-state index contributed by atoms with van der Waals surface area (Å²) in [4.78, 5) is 6.45. The third-order valence-electron chi connectivity index (χ3n) is 4.32. The molecule has 0 bridgehead atoms. The van der Waals surface area contributed by atoms with Crippen molar-refractivity contribution in [1.82, 2.24) is 24.8 Å². The van der Waals surface area contributed by atoms with Crippen molar-refractivity contribution in [3.8, 4) is 22.8 Å². The Bertz CT molecular complexity index is 1040. The quantitative estimate of drug-likeness (QED) is 0.492. The number of methoxy groups -OCH3 is 1. The van der Waals surface area contributed by atoms with E-state index in [1.54, 1.807) is 13.3 Å². The number of pyridine rings is 1. The van der Waals surface area contributed by atoms with Gasteiger partial charge in [-0.15, -0.1) is 0 Å². The first kappa shape index (κ1) is 17.9. The Morgan fingerprint density at radius 3 is 2.82 bits per heavy atom. The molecule has 4 aromatic rings. The van der Waals surface area contributed by atoms with E-state index in [4.69, 9.17) is 9.26 Å². The highest BCUT2D eigenvalue weighted by atomic mass is 16.5. The molecule has 142 valence electrons. The molecule has 7 nitrogen and oxygen atoms in total. The Hall–Kier alpha value is -3.45. The molecule has 0 aliphatic rings. The summed E-state index contributed by atoms with van der Waals surface area (Å²) in [6.45, 7) is 1.38. The zero-order valence-electron chi connectivity index (χ0n) is 15.8. The van der Waals surface area contributed by atoms with Crippen LogP contribution < -0.4 is 4.74 Å². The fourth-order valence-corrected chi connectivity index (χ4v) is 2.99. The molecule has 0 N–H and O–H groups in total. The maximum absolute atomic E-state index is 5.46. The lowest BCUT2D eigenvalue weighted by molar-refractivity contribution is 0.267. The van der Waals surface area contributed by atoms with Gasteiger partial charge in [0.2, 0.25) is 0 Å². The Morgan fingerprint density at radius 1 is 1.07 bits per heavy atom. The van der Waals surface area contributed by atoms with Gasteiger partial charge in [-0.1, -0.05) is 17.3 Å². The summed E-state index contributed by atoms with van der Waals surface area (Å²) in [5.41, 5.74) is 3.62. The first-order valence-electron chi connectivity index (χ1n) is 8.95. The third kappa shape index (κ3) is 4.10. The number of rotatable bonds is 7. The summed E-state index contributed by atoms with van der Waals surface area (Å²) in [7, 11) is 3.69. The molecule has 0 amide bonds. The van der Waals surface area contributed by atoms with E-state index in [1.807, 2.05) is 72.7 Å². The number of benzene rings is 1. The van der Waals surface area contributed by atoms with Gasteiger partial charge in [0.1, 0.15) is 11.4 Å². The van der Waals surface area contributed by atoms with Crippen LogP contribution in [0.5, 0.6) is 5.75 Å². The molecular formula is C21H21N5O2. The number of hydrogen-bond donors (Lipinski definition) is 0. The van der Waals surface area contributed by atoms with Crippen LogP contribution in [0.3, 0.4) is 0 Å². The van der Waals surface area contributed by atoms with Crippen LogP contribution in [0, 0.1) is 0 Å². The van der Waals surface area contributed by atoms with Crippen molar-refractivity contribution in [2.45, 2.75) is 13.1 Å². The maximum Gasteiger partial charge on any atom is 0.151 e. The first-order chi connectivity index (χ1) is 13.7. The standard InChI is InChI=1S/C21H21N5O2/c1-25(15-19-11-21(24-28-19)20-8-3-4-9-22-20)13-16-12-23-26(14-16)17-6-5-7-18(10-17)27-2/h3-12,14H,13,15H2,1-2H3. The second kappa shape index (κ2) is 8.06. The SMILES string of the molecule is COc1cccc(-n2cc(CN(C)Cc3cc(-c4ccccn4)no3)cn2)c1. The van der Waals surface area contributed by atoms with Gasteiger partial charge < -0.3 is 9.26 Å². The lowest BCUT2D eigenvalue weighted by Gasteiger charge is -2.12. The lowest BCUT2D eigenvalue weighted by atomic mass is 10.2. The molecule has 0 atom stereocenters. The molecule has 0 saturated heterocycles. The van der Waals surface area contributed by atoms with Gasteiger partial charge in [-0.2, -0.15) is 5.10 Å². The van der Waals surface area contributed by atoms with Gasteiger partial charge in [-0.05, 0) is 31.3 Å². The predicted octanol–water partition coefficient (Wildman–Crippen LogP) is 3.56. The second-order valence-corrected chi connectivity index (χ2v) is 6.56. The molecule has 1 aromatic carbocycles. The molecule has 0 unspecified atom stereocenters.